The normalized spacial score (nSPS) is 17.2. The van der Waals surface area contributed by atoms with Crippen molar-refractivity contribution in [2.45, 2.75) is 72.1 Å². The summed E-state index contributed by atoms with van der Waals surface area (Å²) in [7, 11) is 0. The number of unbranched alkanes of at least 4 members (excludes halogenated alkanes) is 1. The first-order valence-electron chi connectivity index (χ1n) is 11.0. The fraction of sp³-hybridized carbons (Fsp3) is 0.481. The number of benzene rings is 2. The molecule has 27 heavy (non-hydrogen) atoms. The van der Waals surface area contributed by atoms with Gasteiger partial charge in [0.2, 0.25) is 0 Å². The van der Waals surface area contributed by atoms with Gasteiger partial charge in [0.15, 0.2) is 0 Å². The van der Waals surface area contributed by atoms with Crippen LogP contribution in [0.3, 0.4) is 0 Å². The molecular formula is C27H36. The summed E-state index contributed by atoms with van der Waals surface area (Å²) in [4.78, 5) is 0. The third-order valence-electron chi connectivity index (χ3n) is 6.04. The SMILES string of the molecule is CCCCC1CC=C(c2ccc(-c3ccc(CCC(C)C)cc3)cc2)CC1. The zero-order chi connectivity index (χ0) is 19.1. The van der Waals surface area contributed by atoms with E-state index in [1.54, 1.807) is 5.57 Å². The van der Waals surface area contributed by atoms with Crippen molar-refractivity contribution in [3.63, 3.8) is 0 Å². The molecule has 0 spiro atoms. The second-order valence-electron chi connectivity index (χ2n) is 8.72. The maximum atomic E-state index is 2.50. The average Bonchev–Trinajstić information content (AvgIpc) is 2.72. The molecule has 1 atom stereocenters. The summed E-state index contributed by atoms with van der Waals surface area (Å²) in [5.74, 6) is 1.69. The molecule has 0 N–H and O–H groups in total. The molecule has 0 heteroatoms. The number of rotatable bonds is 8. The van der Waals surface area contributed by atoms with Crippen LogP contribution in [0, 0.1) is 11.8 Å². The Bertz CT molecular complexity index is 716. The lowest BCUT2D eigenvalue weighted by Gasteiger charge is -2.22. The second-order valence-corrected chi connectivity index (χ2v) is 8.72. The van der Waals surface area contributed by atoms with Crippen molar-refractivity contribution in [1.29, 1.82) is 0 Å². The van der Waals surface area contributed by atoms with Crippen LogP contribution in [0.25, 0.3) is 16.7 Å². The van der Waals surface area contributed by atoms with Crippen LogP contribution in [-0.4, -0.2) is 0 Å². The first-order valence-corrected chi connectivity index (χ1v) is 11.0. The zero-order valence-electron chi connectivity index (χ0n) is 17.5. The lowest BCUT2D eigenvalue weighted by Crippen LogP contribution is -2.05. The van der Waals surface area contributed by atoms with Gasteiger partial charge in [-0.2, -0.15) is 0 Å². The molecule has 0 amide bonds. The average molecular weight is 361 g/mol. The molecule has 1 unspecified atom stereocenters. The van der Waals surface area contributed by atoms with Crippen LogP contribution in [0.5, 0.6) is 0 Å². The van der Waals surface area contributed by atoms with E-state index in [1.807, 2.05) is 0 Å². The predicted octanol–water partition coefficient (Wildman–Crippen LogP) is 8.32. The quantitative estimate of drug-likeness (QED) is 0.444. The summed E-state index contributed by atoms with van der Waals surface area (Å²) in [5, 5.41) is 0. The maximum absolute atomic E-state index is 2.50. The van der Waals surface area contributed by atoms with Crippen molar-refractivity contribution in [3.8, 4) is 11.1 Å². The van der Waals surface area contributed by atoms with Crippen molar-refractivity contribution in [2.24, 2.45) is 11.8 Å². The number of hydrogen-bond acceptors (Lipinski definition) is 0. The first kappa shape index (κ1) is 19.9. The summed E-state index contributed by atoms with van der Waals surface area (Å²) >= 11 is 0. The monoisotopic (exact) mass is 360 g/mol. The molecule has 0 aliphatic heterocycles. The van der Waals surface area contributed by atoms with Crippen LogP contribution in [-0.2, 0) is 6.42 Å². The van der Waals surface area contributed by atoms with Gasteiger partial charge in [-0.05, 0) is 71.8 Å². The van der Waals surface area contributed by atoms with Gasteiger partial charge in [-0.15, -0.1) is 0 Å². The molecule has 0 radical (unpaired) electrons. The lowest BCUT2D eigenvalue weighted by molar-refractivity contribution is 0.434. The Balaban J connectivity index is 1.61. The second kappa shape index (κ2) is 9.93. The van der Waals surface area contributed by atoms with Crippen LogP contribution in [0.2, 0.25) is 0 Å². The molecule has 1 aliphatic carbocycles. The van der Waals surface area contributed by atoms with Crippen molar-refractivity contribution >= 4 is 5.57 Å². The molecule has 2 aromatic carbocycles. The summed E-state index contributed by atoms with van der Waals surface area (Å²) < 4.78 is 0. The van der Waals surface area contributed by atoms with E-state index in [-0.39, 0.29) is 0 Å². The first-order chi connectivity index (χ1) is 13.2. The van der Waals surface area contributed by atoms with E-state index in [4.69, 9.17) is 0 Å². The molecule has 0 bridgehead atoms. The Kier molecular flexibility index (Phi) is 7.33. The van der Waals surface area contributed by atoms with Crippen LogP contribution < -0.4 is 0 Å². The summed E-state index contributed by atoms with van der Waals surface area (Å²) in [6.07, 6.45) is 13.0. The fourth-order valence-corrected chi connectivity index (χ4v) is 4.10. The standard InChI is InChI=1S/C27H36/c1-4-5-6-22-9-13-24(14-10-22)26-17-19-27(20-18-26)25-15-11-23(12-16-25)8-7-21(2)3/h11-13,15-22H,4-10,14H2,1-3H3. The van der Waals surface area contributed by atoms with E-state index >= 15 is 0 Å². The van der Waals surface area contributed by atoms with Gasteiger partial charge in [0.1, 0.15) is 0 Å². The molecule has 0 fully saturated rings. The third kappa shape index (κ3) is 5.83. The Morgan fingerprint density at radius 1 is 0.889 bits per heavy atom. The molecule has 1 aliphatic rings. The van der Waals surface area contributed by atoms with Gasteiger partial charge in [-0.25, -0.2) is 0 Å². The smallest absolute Gasteiger partial charge is 0.0184 e. The third-order valence-corrected chi connectivity index (χ3v) is 6.04. The van der Waals surface area contributed by atoms with E-state index in [2.05, 4.69) is 75.4 Å². The summed E-state index contributed by atoms with van der Waals surface area (Å²) in [6, 6.07) is 18.4. The highest BCUT2D eigenvalue weighted by Gasteiger charge is 2.15. The van der Waals surface area contributed by atoms with E-state index in [0.717, 1.165) is 11.8 Å². The molecule has 2 aromatic rings. The Hall–Kier alpha value is -1.82. The molecule has 0 aromatic heterocycles. The van der Waals surface area contributed by atoms with Crippen LogP contribution in [0.4, 0.5) is 0 Å². The van der Waals surface area contributed by atoms with Crippen molar-refractivity contribution in [1.82, 2.24) is 0 Å². The zero-order valence-corrected chi connectivity index (χ0v) is 17.5. The number of allylic oxidation sites excluding steroid dienone is 2. The Labute approximate surface area is 166 Å². The van der Waals surface area contributed by atoms with E-state index in [9.17, 15) is 0 Å². The Morgan fingerprint density at radius 2 is 1.52 bits per heavy atom. The van der Waals surface area contributed by atoms with Gasteiger partial charge in [-0.1, -0.05) is 94.6 Å². The lowest BCUT2D eigenvalue weighted by atomic mass is 9.84. The van der Waals surface area contributed by atoms with Crippen LogP contribution in [0.15, 0.2) is 54.6 Å². The molecular weight excluding hydrogens is 324 g/mol. The predicted molar refractivity (Wildman–Crippen MR) is 120 cm³/mol. The molecule has 0 saturated heterocycles. The summed E-state index contributed by atoms with van der Waals surface area (Å²) in [5.41, 5.74) is 7.08. The van der Waals surface area contributed by atoms with E-state index in [1.165, 1.54) is 73.6 Å². The topological polar surface area (TPSA) is 0 Å². The highest BCUT2D eigenvalue weighted by Crippen LogP contribution is 2.33. The van der Waals surface area contributed by atoms with Gasteiger partial charge in [-0.3, -0.25) is 0 Å². The van der Waals surface area contributed by atoms with Crippen molar-refractivity contribution < 1.29 is 0 Å². The molecule has 3 rings (SSSR count). The van der Waals surface area contributed by atoms with Gasteiger partial charge in [0, 0.05) is 0 Å². The minimum absolute atomic E-state index is 0.772. The molecule has 0 nitrogen and oxygen atoms in total. The number of aryl methyl sites for hydroxylation is 1. The van der Waals surface area contributed by atoms with E-state index in [0.29, 0.717) is 0 Å². The molecule has 0 saturated carbocycles. The van der Waals surface area contributed by atoms with Crippen LogP contribution >= 0.6 is 0 Å². The van der Waals surface area contributed by atoms with Crippen molar-refractivity contribution in [3.05, 3.63) is 65.7 Å². The van der Waals surface area contributed by atoms with Gasteiger partial charge in [0.05, 0.1) is 0 Å². The van der Waals surface area contributed by atoms with Crippen LogP contribution in [0.1, 0.15) is 76.8 Å². The van der Waals surface area contributed by atoms with Gasteiger partial charge >= 0.3 is 0 Å². The Morgan fingerprint density at radius 3 is 2.07 bits per heavy atom. The largest absolute Gasteiger partial charge is 0.0804 e. The summed E-state index contributed by atoms with van der Waals surface area (Å²) in [6.45, 7) is 6.89. The maximum Gasteiger partial charge on any atom is -0.0184 e. The minimum Gasteiger partial charge on any atom is -0.0804 e. The minimum atomic E-state index is 0.772. The molecule has 144 valence electrons. The van der Waals surface area contributed by atoms with Gasteiger partial charge in [0.25, 0.3) is 0 Å². The molecule has 0 heterocycles. The number of hydrogen-bond donors (Lipinski definition) is 0. The highest BCUT2D eigenvalue weighted by molar-refractivity contribution is 5.71. The van der Waals surface area contributed by atoms with E-state index < -0.39 is 0 Å². The van der Waals surface area contributed by atoms with Crippen molar-refractivity contribution in [2.75, 3.05) is 0 Å². The fourth-order valence-electron chi connectivity index (χ4n) is 4.10. The van der Waals surface area contributed by atoms with Gasteiger partial charge < -0.3 is 0 Å². The highest BCUT2D eigenvalue weighted by atomic mass is 14.2.